The molecule has 1 atom stereocenters. The van der Waals surface area contributed by atoms with Crippen molar-refractivity contribution in [2.45, 2.75) is 24.3 Å². The fourth-order valence-corrected chi connectivity index (χ4v) is 2.87. The van der Waals surface area contributed by atoms with Gasteiger partial charge >= 0.3 is 5.97 Å². The predicted molar refractivity (Wildman–Crippen MR) is 71.7 cm³/mol. The smallest absolute Gasteiger partial charge is 0.306 e. The van der Waals surface area contributed by atoms with Gasteiger partial charge in [-0.25, -0.2) is 8.42 Å². The number of esters is 1. The molecule has 0 spiro atoms. The van der Waals surface area contributed by atoms with Crippen LogP contribution in [0.15, 0.2) is 24.3 Å². The lowest BCUT2D eigenvalue weighted by Gasteiger charge is -2.12. The zero-order chi connectivity index (χ0) is 14.5. The van der Waals surface area contributed by atoms with Crippen LogP contribution in [0.25, 0.3) is 0 Å². The minimum atomic E-state index is -3.38. The van der Waals surface area contributed by atoms with E-state index in [1.807, 2.05) is 0 Å². The van der Waals surface area contributed by atoms with Crippen molar-refractivity contribution in [1.82, 2.24) is 0 Å². The van der Waals surface area contributed by atoms with Gasteiger partial charge in [-0.2, -0.15) is 0 Å². The molecule has 1 aromatic rings. The van der Waals surface area contributed by atoms with E-state index in [0.717, 1.165) is 0 Å². The normalized spacial score (nSPS) is 12.8. The number of carbonyl (C=O) groups is 1. The van der Waals surface area contributed by atoms with E-state index >= 15 is 0 Å². The first-order valence-corrected chi connectivity index (χ1v) is 7.52. The van der Waals surface area contributed by atoms with Crippen LogP contribution in [0.1, 0.15) is 18.9 Å². The molecule has 0 saturated carbocycles. The van der Waals surface area contributed by atoms with Crippen molar-refractivity contribution in [2.24, 2.45) is 0 Å². The predicted octanol–water partition coefficient (Wildman–Crippen LogP) is 1.56. The Hall–Kier alpha value is -1.56. The minimum Gasteiger partial charge on any atom is -0.497 e. The van der Waals surface area contributed by atoms with E-state index in [1.165, 1.54) is 14.0 Å². The van der Waals surface area contributed by atoms with Gasteiger partial charge in [0, 0.05) is 0 Å². The van der Waals surface area contributed by atoms with Crippen molar-refractivity contribution < 1.29 is 22.7 Å². The highest BCUT2D eigenvalue weighted by molar-refractivity contribution is 7.91. The van der Waals surface area contributed by atoms with Crippen LogP contribution in [0.2, 0.25) is 0 Å². The second-order valence-electron chi connectivity index (χ2n) is 4.25. The molecule has 6 heteroatoms. The monoisotopic (exact) mass is 286 g/mol. The Morgan fingerprint density at radius 3 is 2.26 bits per heavy atom. The Balaban J connectivity index is 2.75. The average molecular weight is 286 g/mol. The van der Waals surface area contributed by atoms with E-state index in [2.05, 4.69) is 4.74 Å². The van der Waals surface area contributed by atoms with Gasteiger partial charge in [-0.05, 0) is 24.6 Å². The third kappa shape index (κ3) is 4.55. The summed E-state index contributed by atoms with van der Waals surface area (Å²) in [5, 5.41) is -0.762. The lowest BCUT2D eigenvalue weighted by molar-refractivity contribution is -0.140. The molecule has 0 aromatic heterocycles. The van der Waals surface area contributed by atoms with Gasteiger partial charge in [0.1, 0.15) is 5.75 Å². The van der Waals surface area contributed by atoms with Crippen molar-refractivity contribution in [3.05, 3.63) is 29.8 Å². The van der Waals surface area contributed by atoms with Crippen LogP contribution >= 0.6 is 0 Å². The van der Waals surface area contributed by atoms with Gasteiger partial charge in [0.25, 0.3) is 0 Å². The summed E-state index contributed by atoms with van der Waals surface area (Å²) in [6.07, 6.45) is -0.130. The summed E-state index contributed by atoms with van der Waals surface area (Å²) in [5.41, 5.74) is 0.664. The lowest BCUT2D eigenvalue weighted by Crippen LogP contribution is -2.23. The molecule has 0 heterocycles. The first-order chi connectivity index (χ1) is 8.89. The molecule has 1 unspecified atom stereocenters. The van der Waals surface area contributed by atoms with E-state index in [0.29, 0.717) is 11.3 Å². The molecule has 0 saturated heterocycles. The second-order valence-corrected chi connectivity index (χ2v) is 6.67. The molecule has 5 nitrogen and oxygen atoms in total. The van der Waals surface area contributed by atoms with Crippen LogP contribution in [0.3, 0.4) is 0 Å². The molecule has 106 valence electrons. The number of sulfone groups is 1. The topological polar surface area (TPSA) is 69.7 Å². The molecule has 0 N–H and O–H groups in total. The summed E-state index contributed by atoms with van der Waals surface area (Å²) in [7, 11) is -0.593. The van der Waals surface area contributed by atoms with Crippen LogP contribution in [-0.2, 0) is 25.1 Å². The van der Waals surface area contributed by atoms with Gasteiger partial charge in [-0.1, -0.05) is 12.1 Å². The quantitative estimate of drug-likeness (QED) is 0.742. The minimum absolute atomic E-state index is 0.102. The fraction of sp³-hybridized carbons (Fsp3) is 0.462. The molecule has 0 radical (unpaired) electrons. The first-order valence-electron chi connectivity index (χ1n) is 5.80. The van der Waals surface area contributed by atoms with E-state index in [-0.39, 0.29) is 12.2 Å². The lowest BCUT2D eigenvalue weighted by atomic mass is 10.2. The Morgan fingerprint density at radius 2 is 1.79 bits per heavy atom. The molecule has 0 amide bonds. The zero-order valence-electron chi connectivity index (χ0n) is 11.3. The van der Waals surface area contributed by atoms with Crippen LogP contribution in [0, 0.1) is 0 Å². The molecule has 0 aliphatic heterocycles. The van der Waals surface area contributed by atoms with Crippen LogP contribution in [-0.4, -0.2) is 33.9 Å². The Labute approximate surface area is 113 Å². The Bertz CT molecular complexity index is 518. The number of carbonyl (C=O) groups excluding carboxylic acids is 1. The average Bonchev–Trinajstić information content (AvgIpc) is 2.39. The summed E-state index contributed by atoms with van der Waals surface area (Å²) >= 11 is 0. The van der Waals surface area contributed by atoms with Gasteiger partial charge in [-0.3, -0.25) is 4.79 Å². The third-order valence-electron chi connectivity index (χ3n) is 2.82. The number of benzene rings is 1. The molecular formula is C13H18O5S. The van der Waals surface area contributed by atoms with Crippen LogP contribution in [0.4, 0.5) is 0 Å². The van der Waals surface area contributed by atoms with Crippen molar-refractivity contribution >= 4 is 15.8 Å². The standard InChI is InChI=1S/C13H18O5S/c1-10(8-13(14)18-3)19(15,16)9-11-4-6-12(17-2)7-5-11/h4-7,10H,8-9H2,1-3H3. The van der Waals surface area contributed by atoms with E-state index in [1.54, 1.807) is 31.4 Å². The maximum atomic E-state index is 12.1. The van der Waals surface area contributed by atoms with Crippen LogP contribution < -0.4 is 4.74 Å². The van der Waals surface area contributed by atoms with Gasteiger partial charge in [0.05, 0.1) is 31.6 Å². The van der Waals surface area contributed by atoms with Crippen molar-refractivity contribution in [3.63, 3.8) is 0 Å². The van der Waals surface area contributed by atoms with E-state index in [9.17, 15) is 13.2 Å². The second kappa shape index (κ2) is 6.56. The molecule has 0 fully saturated rings. The van der Waals surface area contributed by atoms with E-state index in [4.69, 9.17) is 4.74 Å². The summed E-state index contributed by atoms with van der Waals surface area (Å²) in [6, 6.07) is 6.80. The molecule has 1 aromatic carbocycles. The maximum Gasteiger partial charge on any atom is 0.306 e. The summed E-state index contributed by atoms with van der Waals surface area (Å²) in [4.78, 5) is 11.1. The maximum absolute atomic E-state index is 12.1. The number of hydrogen-bond donors (Lipinski definition) is 0. The SMILES string of the molecule is COC(=O)CC(C)S(=O)(=O)Cc1ccc(OC)cc1. The van der Waals surface area contributed by atoms with Gasteiger partial charge in [0.15, 0.2) is 9.84 Å². The van der Waals surface area contributed by atoms with Crippen molar-refractivity contribution in [3.8, 4) is 5.75 Å². The Morgan fingerprint density at radius 1 is 1.21 bits per heavy atom. The number of ether oxygens (including phenoxy) is 2. The fourth-order valence-electron chi connectivity index (χ4n) is 1.54. The molecule has 0 bridgehead atoms. The highest BCUT2D eigenvalue weighted by atomic mass is 32.2. The highest BCUT2D eigenvalue weighted by Crippen LogP contribution is 2.17. The van der Waals surface area contributed by atoms with Gasteiger partial charge in [-0.15, -0.1) is 0 Å². The summed E-state index contributed by atoms with van der Waals surface area (Å²) in [5.74, 6) is 0.0457. The molecule has 0 aliphatic rings. The largest absolute Gasteiger partial charge is 0.497 e. The molecule has 19 heavy (non-hydrogen) atoms. The number of rotatable bonds is 6. The van der Waals surface area contributed by atoms with Crippen molar-refractivity contribution in [1.29, 1.82) is 0 Å². The summed E-state index contributed by atoms with van der Waals surface area (Å²) in [6.45, 7) is 1.51. The first kappa shape index (κ1) is 15.5. The van der Waals surface area contributed by atoms with Crippen LogP contribution in [0.5, 0.6) is 5.75 Å². The zero-order valence-corrected chi connectivity index (χ0v) is 12.1. The van der Waals surface area contributed by atoms with Gasteiger partial charge < -0.3 is 9.47 Å². The molecular weight excluding hydrogens is 268 g/mol. The molecule has 0 aliphatic carbocycles. The van der Waals surface area contributed by atoms with Crippen molar-refractivity contribution in [2.75, 3.05) is 14.2 Å². The number of hydrogen-bond acceptors (Lipinski definition) is 5. The van der Waals surface area contributed by atoms with E-state index < -0.39 is 21.1 Å². The number of methoxy groups -OCH3 is 2. The summed E-state index contributed by atoms with van der Waals surface area (Å²) < 4.78 is 33.6. The molecule has 1 rings (SSSR count). The van der Waals surface area contributed by atoms with Gasteiger partial charge in [0.2, 0.25) is 0 Å². The Kier molecular flexibility index (Phi) is 5.35. The third-order valence-corrected chi connectivity index (χ3v) is 4.95. The highest BCUT2D eigenvalue weighted by Gasteiger charge is 2.24.